The average molecular weight is 282 g/mol. The highest BCUT2D eigenvalue weighted by atomic mass is 32.2. The van der Waals surface area contributed by atoms with E-state index in [4.69, 9.17) is 9.47 Å². The largest absolute Gasteiger partial charge is 0.497 e. The van der Waals surface area contributed by atoms with Crippen LogP contribution in [0.2, 0.25) is 0 Å². The number of methoxy groups -OCH3 is 2. The number of carbonyl (C=O) groups is 1. The number of thioether (sulfide) groups is 1. The van der Waals surface area contributed by atoms with E-state index in [-0.39, 0.29) is 11.9 Å². The van der Waals surface area contributed by atoms with E-state index in [9.17, 15) is 4.79 Å². The van der Waals surface area contributed by atoms with Gasteiger partial charge in [-0.15, -0.1) is 0 Å². The molecule has 6 heteroatoms. The predicted octanol–water partition coefficient (Wildman–Crippen LogP) is 1.35. The van der Waals surface area contributed by atoms with Crippen LogP contribution in [0.5, 0.6) is 11.5 Å². The first-order valence-corrected chi connectivity index (χ1v) is 7.23. The quantitative estimate of drug-likeness (QED) is 0.873. The lowest BCUT2D eigenvalue weighted by Gasteiger charge is -2.22. The van der Waals surface area contributed by atoms with Gasteiger partial charge in [0, 0.05) is 41.9 Å². The standard InChI is InChI=1S/C13H18N2O3S/c1-17-10-5-9(6-11(7-10)18-2)15-13(16)12-8-19-4-3-14-12/h5-7,12,14H,3-4,8H2,1-2H3,(H,15,16). The van der Waals surface area contributed by atoms with Crippen LogP contribution in [0.3, 0.4) is 0 Å². The Morgan fingerprint density at radius 3 is 2.53 bits per heavy atom. The van der Waals surface area contributed by atoms with Crippen molar-refractivity contribution in [2.45, 2.75) is 6.04 Å². The number of ether oxygens (including phenoxy) is 2. The van der Waals surface area contributed by atoms with Crippen LogP contribution in [0.1, 0.15) is 0 Å². The molecule has 0 bridgehead atoms. The number of nitrogens with one attached hydrogen (secondary N) is 2. The normalized spacial score (nSPS) is 18.7. The molecular formula is C13H18N2O3S. The molecule has 1 aliphatic heterocycles. The molecule has 1 aromatic carbocycles. The van der Waals surface area contributed by atoms with Crippen LogP contribution in [0, 0.1) is 0 Å². The molecule has 2 N–H and O–H groups in total. The molecular weight excluding hydrogens is 264 g/mol. The highest BCUT2D eigenvalue weighted by Crippen LogP contribution is 2.26. The summed E-state index contributed by atoms with van der Waals surface area (Å²) in [6, 6.07) is 5.17. The van der Waals surface area contributed by atoms with Gasteiger partial charge in [-0.3, -0.25) is 4.79 Å². The van der Waals surface area contributed by atoms with Gasteiger partial charge in [0.05, 0.1) is 20.3 Å². The van der Waals surface area contributed by atoms with Gasteiger partial charge in [-0.25, -0.2) is 0 Å². The van der Waals surface area contributed by atoms with Crippen LogP contribution in [0.4, 0.5) is 5.69 Å². The average Bonchev–Trinajstić information content (AvgIpc) is 2.47. The third kappa shape index (κ3) is 3.78. The highest BCUT2D eigenvalue weighted by Gasteiger charge is 2.21. The zero-order chi connectivity index (χ0) is 13.7. The maximum Gasteiger partial charge on any atom is 0.242 e. The molecule has 5 nitrogen and oxygen atoms in total. The number of amides is 1. The van der Waals surface area contributed by atoms with Crippen LogP contribution in [0.25, 0.3) is 0 Å². The number of rotatable bonds is 4. The molecule has 0 aliphatic carbocycles. The fraction of sp³-hybridized carbons (Fsp3) is 0.462. The lowest BCUT2D eigenvalue weighted by atomic mass is 10.2. The van der Waals surface area contributed by atoms with Crippen molar-refractivity contribution in [1.82, 2.24) is 5.32 Å². The first kappa shape index (κ1) is 14.0. The molecule has 1 saturated heterocycles. The number of carbonyl (C=O) groups excluding carboxylic acids is 1. The van der Waals surface area contributed by atoms with Crippen LogP contribution in [0.15, 0.2) is 18.2 Å². The van der Waals surface area contributed by atoms with Gasteiger partial charge in [-0.05, 0) is 0 Å². The van der Waals surface area contributed by atoms with E-state index in [1.165, 1.54) is 0 Å². The third-order valence-electron chi connectivity index (χ3n) is 2.86. The fourth-order valence-electron chi connectivity index (χ4n) is 1.84. The van der Waals surface area contributed by atoms with Gasteiger partial charge in [-0.2, -0.15) is 11.8 Å². The van der Waals surface area contributed by atoms with Gasteiger partial charge < -0.3 is 20.1 Å². The number of hydrogen-bond donors (Lipinski definition) is 2. The smallest absolute Gasteiger partial charge is 0.242 e. The molecule has 0 aromatic heterocycles. The molecule has 19 heavy (non-hydrogen) atoms. The van der Waals surface area contributed by atoms with E-state index in [0.717, 1.165) is 18.1 Å². The molecule has 1 aromatic rings. The van der Waals surface area contributed by atoms with Gasteiger partial charge in [-0.1, -0.05) is 0 Å². The zero-order valence-corrected chi connectivity index (χ0v) is 11.9. The maximum atomic E-state index is 12.1. The summed E-state index contributed by atoms with van der Waals surface area (Å²) >= 11 is 1.78. The summed E-state index contributed by atoms with van der Waals surface area (Å²) in [5.41, 5.74) is 0.679. The molecule has 1 amide bonds. The van der Waals surface area contributed by atoms with Crippen molar-refractivity contribution in [2.75, 3.05) is 37.6 Å². The second-order valence-electron chi connectivity index (χ2n) is 4.17. The molecule has 0 saturated carbocycles. The Hall–Kier alpha value is -1.40. The SMILES string of the molecule is COc1cc(NC(=O)C2CSCCN2)cc(OC)c1. The van der Waals surface area contributed by atoms with E-state index in [2.05, 4.69) is 10.6 Å². The molecule has 1 unspecified atom stereocenters. The molecule has 0 spiro atoms. The Bertz CT molecular complexity index is 425. The highest BCUT2D eigenvalue weighted by molar-refractivity contribution is 7.99. The Balaban J connectivity index is 2.06. The van der Waals surface area contributed by atoms with Crippen molar-refractivity contribution >= 4 is 23.4 Å². The second kappa shape index (κ2) is 6.68. The number of hydrogen-bond acceptors (Lipinski definition) is 5. The van der Waals surface area contributed by atoms with Crippen molar-refractivity contribution in [3.8, 4) is 11.5 Å². The topological polar surface area (TPSA) is 59.6 Å². The van der Waals surface area contributed by atoms with E-state index in [1.807, 2.05) is 0 Å². The Labute approximate surface area is 117 Å². The Kier molecular flexibility index (Phi) is 4.93. The van der Waals surface area contributed by atoms with E-state index >= 15 is 0 Å². The van der Waals surface area contributed by atoms with Crippen LogP contribution < -0.4 is 20.1 Å². The lowest BCUT2D eigenvalue weighted by Crippen LogP contribution is -2.46. The van der Waals surface area contributed by atoms with Crippen molar-refractivity contribution in [2.24, 2.45) is 0 Å². The summed E-state index contributed by atoms with van der Waals surface area (Å²) < 4.78 is 10.3. The summed E-state index contributed by atoms with van der Waals surface area (Å²) in [7, 11) is 3.17. The number of benzene rings is 1. The monoisotopic (exact) mass is 282 g/mol. The van der Waals surface area contributed by atoms with Crippen molar-refractivity contribution in [1.29, 1.82) is 0 Å². The van der Waals surface area contributed by atoms with Crippen LogP contribution in [-0.4, -0.2) is 44.2 Å². The second-order valence-corrected chi connectivity index (χ2v) is 5.32. The van der Waals surface area contributed by atoms with E-state index in [0.29, 0.717) is 17.2 Å². The van der Waals surface area contributed by atoms with Gasteiger partial charge >= 0.3 is 0 Å². The van der Waals surface area contributed by atoms with E-state index < -0.39 is 0 Å². The summed E-state index contributed by atoms with van der Waals surface area (Å²) in [6.07, 6.45) is 0. The van der Waals surface area contributed by atoms with Crippen molar-refractivity contribution in [3.63, 3.8) is 0 Å². The predicted molar refractivity (Wildman–Crippen MR) is 77.3 cm³/mol. The van der Waals surface area contributed by atoms with E-state index in [1.54, 1.807) is 44.2 Å². The van der Waals surface area contributed by atoms with Gasteiger partial charge in [0.25, 0.3) is 0 Å². The molecule has 1 heterocycles. The molecule has 0 radical (unpaired) electrons. The van der Waals surface area contributed by atoms with Crippen molar-refractivity contribution < 1.29 is 14.3 Å². The Morgan fingerprint density at radius 2 is 2.00 bits per heavy atom. The summed E-state index contributed by atoms with van der Waals surface area (Å²) in [6.45, 7) is 0.865. The molecule has 2 rings (SSSR count). The Morgan fingerprint density at radius 1 is 1.32 bits per heavy atom. The summed E-state index contributed by atoms with van der Waals surface area (Å²) in [4.78, 5) is 12.1. The first-order chi connectivity index (χ1) is 9.22. The van der Waals surface area contributed by atoms with Gasteiger partial charge in [0.2, 0.25) is 5.91 Å². The van der Waals surface area contributed by atoms with Gasteiger partial charge in [0.1, 0.15) is 11.5 Å². The zero-order valence-electron chi connectivity index (χ0n) is 11.1. The maximum absolute atomic E-state index is 12.1. The van der Waals surface area contributed by atoms with Gasteiger partial charge in [0.15, 0.2) is 0 Å². The minimum Gasteiger partial charge on any atom is -0.497 e. The minimum atomic E-state index is -0.143. The van der Waals surface area contributed by atoms with Crippen LogP contribution >= 0.6 is 11.8 Å². The molecule has 1 fully saturated rings. The molecule has 1 atom stereocenters. The van der Waals surface area contributed by atoms with Crippen molar-refractivity contribution in [3.05, 3.63) is 18.2 Å². The minimum absolute atomic E-state index is 0.0255. The van der Waals surface area contributed by atoms with Crippen LogP contribution in [-0.2, 0) is 4.79 Å². The molecule has 104 valence electrons. The lowest BCUT2D eigenvalue weighted by molar-refractivity contribution is -0.117. The number of anilines is 1. The first-order valence-electron chi connectivity index (χ1n) is 6.08. The summed E-state index contributed by atoms with van der Waals surface area (Å²) in [5.74, 6) is 3.13. The molecule has 1 aliphatic rings. The third-order valence-corrected chi connectivity index (χ3v) is 3.92. The fourth-order valence-corrected chi connectivity index (χ4v) is 2.78. The summed E-state index contributed by atoms with van der Waals surface area (Å²) in [5, 5.41) is 6.09.